The Morgan fingerprint density at radius 3 is 2.70 bits per heavy atom. The summed E-state index contributed by atoms with van der Waals surface area (Å²) >= 11 is 2.01. The summed E-state index contributed by atoms with van der Waals surface area (Å²) < 4.78 is 4.63. The van der Waals surface area contributed by atoms with Crippen LogP contribution in [0.2, 0.25) is 0 Å². The number of esters is 1. The van der Waals surface area contributed by atoms with Crippen molar-refractivity contribution in [2.24, 2.45) is 0 Å². The van der Waals surface area contributed by atoms with Gasteiger partial charge in [-0.25, -0.2) is 14.4 Å². The molecule has 0 aliphatic carbocycles. The van der Waals surface area contributed by atoms with Crippen LogP contribution < -0.4 is 26.6 Å². The zero-order valence-electron chi connectivity index (χ0n) is 17.4. The first-order chi connectivity index (χ1) is 14.5. The van der Waals surface area contributed by atoms with Gasteiger partial charge in [-0.1, -0.05) is 32.8 Å². The first-order valence-corrected chi connectivity index (χ1v) is 11.2. The second kappa shape index (κ2) is 15.4. The van der Waals surface area contributed by atoms with Gasteiger partial charge in [-0.15, -0.1) is 0 Å². The van der Waals surface area contributed by atoms with Crippen LogP contribution in [-0.2, 0) is 14.3 Å². The molecule has 0 radical (unpaired) electrons. The number of nitrogens with one attached hydrogen (secondary N) is 5. The highest BCUT2D eigenvalue weighted by Gasteiger charge is 2.42. The molecule has 2 fully saturated rings. The zero-order chi connectivity index (χ0) is 22.2. The number of hydrogen-bond donors (Lipinski definition) is 5. The molecular formula is C19H33N5O5S. The van der Waals surface area contributed by atoms with Crippen molar-refractivity contribution >= 4 is 36.2 Å². The van der Waals surface area contributed by atoms with Gasteiger partial charge in [-0.3, -0.25) is 4.79 Å². The number of unbranched alkanes of at least 4 members (excludes halogenated alkanes) is 2. The van der Waals surface area contributed by atoms with E-state index in [1.54, 1.807) is 0 Å². The third kappa shape index (κ3) is 10.4. The molecule has 10 nitrogen and oxygen atoms in total. The van der Waals surface area contributed by atoms with Gasteiger partial charge >= 0.3 is 18.0 Å². The first kappa shape index (κ1) is 25.6. The molecule has 0 bridgehead atoms. The summed E-state index contributed by atoms with van der Waals surface area (Å²) in [5.74, 6) is 0.553. The normalized spacial score (nSPS) is 21.1. The highest BCUT2D eigenvalue weighted by Crippen LogP contribution is 2.33. The molecule has 0 saturated carbocycles. The molecule has 11 heteroatoms. The molecule has 5 amide bonds. The molecule has 0 spiro atoms. The van der Waals surface area contributed by atoms with E-state index in [1.165, 1.54) is 25.7 Å². The van der Waals surface area contributed by atoms with Crippen LogP contribution in [-0.4, -0.2) is 73.8 Å². The number of carbonyl (C=O) groups is 4. The maximum Gasteiger partial charge on any atom is 0.330 e. The second-order valence-electron chi connectivity index (χ2n) is 6.74. The Bertz CT molecular complexity index is 578. The molecule has 0 aromatic carbocycles. The molecule has 3 atom stereocenters. The van der Waals surface area contributed by atoms with Crippen molar-refractivity contribution < 1.29 is 23.9 Å². The fourth-order valence-electron chi connectivity index (χ4n) is 2.98. The van der Waals surface area contributed by atoms with E-state index in [9.17, 15) is 19.2 Å². The summed E-state index contributed by atoms with van der Waals surface area (Å²) in [5, 5.41) is 14.0. The molecule has 2 rings (SSSR count). The van der Waals surface area contributed by atoms with E-state index >= 15 is 0 Å². The SMILES string of the molecule is C=CC(=O)OCCNC(=O)NCCNC=O.CCCCCC1SCC2NC(=O)NC21. The predicted molar refractivity (Wildman–Crippen MR) is 116 cm³/mol. The Kier molecular flexibility index (Phi) is 13.2. The Hall–Kier alpha value is -2.43. The molecule has 2 aliphatic rings. The molecule has 0 aromatic rings. The number of rotatable bonds is 12. The molecule has 0 aromatic heterocycles. The van der Waals surface area contributed by atoms with E-state index in [1.807, 2.05) is 11.8 Å². The largest absolute Gasteiger partial charge is 0.461 e. The van der Waals surface area contributed by atoms with E-state index < -0.39 is 5.97 Å². The number of carbonyl (C=O) groups excluding carboxylic acids is 4. The molecule has 3 unspecified atom stereocenters. The molecule has 170 valence electrons. The minimum absolute atomic E-state index is 0.0285. The maximum absolute atomic E-state index is 11.1. The number of hydrogen-bond acceptors (Lipinski definition) is 6. The Balaban J connectivity index is 0.000000301. The van der Waals surface area contributed by atoms with Crippen molar-refractivity contribution in [3.05, 3.63) is 12.7 Å². The first-order valence-electron chi connectivity index (χ1n) is 10.2. The molecule has 5 N–H and O–H groups in total. The third-order valence-corrected chi connectivity index (χ3v) is 5.98. The quantitative estimate of drug-likeness (QED) is 0.0979. The number of amides is 5. The molecule has 2 heterocycles. The van der Waals surface area contributed by atoms with Gasteiger partial charge in [0.25, 0.3) is 0 Å². The summed E-state index contributed by atoms with van der Waals surface area (Å²) in [6, 6.07) is 0.423. The van der Waals surface area contributed by atoms with E-state index in [0.717, 1.165) is 11.8 Å². The van der Waals surface area contributed by atoms with Crippen LogP contribution in [0.1, 0.15) is 32.6 Å². The monoisotopic (exact) mass is 443 g/mol. The van der Waals surface area contributed by atoms with Gasteiger partial charge in [0.15, 0.2) is 0 Å². The highest BCUT2D eigenvalue weighted by molar-refractivity contribution is 8.00. The highest BCUT2D eigenvalue weighted by atomic mass is 32.2. The fourth-order valence-corrected chi connectivity index (χ4v) is 4.53. The van der Waals surface area contributed by atoms with Gasteiger partial charge in [-0.05, 0) is 6.42 Å². The molecule has 30 heavy (non-hydrogen) atoms. The number of fused-ring (bicyclic) bond motifs is 1. The van der Waals surface area contributed by atoms with Crippen LogP contribution in [0.5, 0.6) is 0 Å². The van der Waals surface area contributed by atoms with Crippen LogP contribution in [0.25, 0.3) is 0 Å². The average molecular weight is 444 g/mol. The number of ether oxygens (including phenoxy) is 1. The van der Waals surface area contributed by atoms with Crippen LogP contribution in [0.3, 0.4) is 0 Å². The molecule has 2 saturated heterocycles. The van der Waals surface area contributed by atoms with Gasteiger partial charge in [-0.2, -0.15) is 11.8 Å². The minimum Gasteiger partial charge on any atom is -0.461 e. The standard InChI is InChI=1S/C10H18N2OS.C9H15N3O4/c1-2-3-4-5-8-9-7(6-14-8)11-10(13)12-9;1-2-8(14)16-6-5-12-9(15)11-4-3-10-7-13/h7-9H,2-6H2,1H3,(H2,11,12,13);2,7H,1,3-6H2,(H,10,13)(H2,11,12,15). The van der Waals surface area contributed by atoms with Crippen molar-refractivity contribution in [2.75, 3.05) is 32.0 Å². The van der Waals surface area contributed by atoms with Crippen molar-refractivity contribution in [3.63, 3.8) is 0 Å². The smallest absolute Gasteiger partial charge is 0.330 e. The second-order valence-corrected chi connectivity index (χ2v) is 8.02. The minimum atomic E-state index is -0.530. The van der Waals surface area contributed by atoms with Gasteiger partial charge in [0, 0.05) is 30.2 Å². The van der Waals surface area contributed by atoms with Crippen molar-refractivity contribution in [1.82, 2.24) is 26.6 Å². The van der Waals surface area contributed by atoms with E-state index in [0.29, 0.717) is 36.8 Å². The Labute approximate surface area is 181 Å². The van der Waals surface area contributed by atoms with Crippen LogP contribution in [0.4, 0.5) is 9.59 Å². The summed E-state index contributed by atoms with van der Waals surface area (Å²) in [4.78, 5) is 42.6. The number of urea groups is 2. The van der Waals surface area contributed by atoms with E-state index in [-0.39, 0.29) is 25.2 Å². The van der Waals surface area contributed by atoms with Crippen LogP contribution in [0, 0.1) is 0 Å². The topological polar surface area (TPSA) is 138 Å². The lowest BCUT2D eigenvalue weighted by Crippen LogP contribution is -2.40. The number of thioether (sulfide) groups is 1. The van der Waals surface area contributed by atoms with Gasteiger partial charge in [0.05, 0.1) is 18.6 Å². The van der Waals surface area contributed by atoms with Crippen LogP contribution >= 0.6 is 11.8 Å². The lowest BCUT2D eigenvalue weighted by molar-refractivity contribution is -0.137. The van der Waals surface area contributed by atoms with Crippen LogP contribution in [0.15, 0.2) is 12.7 Å². The maximum atomic E-state index is 11.1. The molecule has 2 aliphatic heterocycles. The Morgan fingerprint density at radius 2 is 2.00 bits per heavy atom. The lowest BCUT2D eigenvalue weighted by atomic mass is 10.0. The van der Waals surface area contributed by atoms with E-state index in [4.69, 9.17) is 0 Å². The van der Waals surface area contributed by atoms with Gasteiger partial charge in [0.2, 0.25) is 6.41 Å². The summed E-state index contributed by atoms with van der Waals surface area (Å²) in [7, 11) is 0. The molecular weight excluding hydrogens is 410 g/mol. The summed E-state index contributed by atoms with van der Waals surface area (Å²) in [6.07, 6.45) is 6.74. The summed E-state index contributed by atoms with van der Waals surface area (Å²) in [6.45, 7) is 6.45. The third-order valence-electron chi connectivity index (χ3n) is 4.47. The van der Waals surface area contributed by atoms with Gasteiger partial charge in [0.1, 0.15) is 6.61 Å². The van der Waals surface area contributed by atoms with E-state index in [2.05, 4.69) is 44.8 Å². The zero-order valence-corrected chi connectivity index (χ0v) is 18.2. The van der Waals surface area contributed by atoms with Crippen molar-refractivity contribution in [3.8, 4) is 0 Å². The lowest BCUT2D eigenvalue weighted by Gasteiger charge is -2.16. The van der Waals surface area contributed by atoms with Gasteiger partial charge < -0.3 is 31.3 Å². The summed E-state index contributed by atoms with van der Waals surface area (Å²) in [5.41, 5.74) is 0. The fraction of sp³-hybridized carbons (Fsp3) is 0.684. The predicted octanol–water partition coefficient (Wildman–Crippen LogP) is 0.493. The van der Waals surface area contributed by atoms with Crippen molar-refractivity contribution in [2.45, 2.75) is 49.9 Å². The average Bonchev–Trinajstić information content (AvgIpc) is 3.28. The van der Waals surface area contributed by atoms with Crippen molar-refractivity contribution in [1.29, 1.82) is 0 Å². The Morgan fingerprint density at radius 1 is 1.23 bits per heavy atom.